The Morgan fingerprint density at radius 3 is 2.55 bits per heavy atom. The number of hydrogen-bond donors (Lipinski definition) is 2. The minimum absolute atomic E-state index is 0.178. The average Bonchev–Trinajstić information content (AvgIpc) is 3.66. The second-order valence-electron chi connectivity index (χ2n) is 10.7. The van der Waals surface area contributed by atoms with E-state index in [2.05, 4.69) is 59.5 Å². The Morgan fingerprint density at radius 2 is 1.80 bits per heavy atom. The third-order valence-corrected chi connectivity index (χ3v) is 7.71. The van der Waals surface area contributed by atoms with E-state index in [0.29, 0.717) is 40.8 Å². The van der Waals surface area contributed by atoms with Gasteiger partial charge in [-0.25, -0.2) is 34.6 Å². The van der Waals surface area contributed by atoms with E-state index in [-0.39, 0.29) is 5.82 Å². The fourth-order valence-corrected chi connectivity index (χ4v) is 5.51. The summed E-state index contributed by atoms with van der Waals surface area (Å²) < 4.78 is 3.67. The molecule has 1 aliphatic heterocycles. The summed E-state index contributed by atoms with van der Waals surface area (Å²) >= 11 is 0. The van der Waals surface area contributed by atoms with Gasteiger partial charge < -0.3 is 11.1 Å². The lowest BCUT2D eigenvalue weighted by molar-refractivity contribution is 0.211. The molecule has 44 heavy (non-hydrogen) atoms. The maximum atomic E-state index is 9.06. The Hall–Kier alpha value is -5.74. The number of pyridine rings is 2. The molecule has 1 saturated heterocycles. The number of nitrogen functional groups attached to an aromatic ring is 1. The van der Waals surface area contributed by atoms with Gasteiger partial charge in [-0.1, -0.05) is 12.1 Å². The van der Waals surface area contributed by atoms with Crippen molar-refractivity contribution in [3.05, 3.63) is 90.5 Å². The Labute approximate surface area is 253 Å². The monoisotopic (exact) mass is 583 g/mol. The number of fused-ring (bicyclic) bond motifs is 1. The van der Waals surface area contributed by atoms with E-state index in [0.717, 1.165) is 49.2 Å². The van der Waals surface area contributed by atoms with Crippen molar-refractivity contribution in [1.82, 2.24) is 49.2 Å². The predicted molar refractivity (Wildman–Crippen MR) is 165 cm³/mol. The van der Waals surface area contributed by atoms with Gasteiger partial charge in [-0.15, -0.1) is 0 Å². The van der Waals surface area contributed by atoms with Crippen molar-refractivity contribution in [1.29, 1.82) is 5.26 Å². The smallest absolute Gasteiger partial charge is 0.234 e. The summed E-state index contributed by atoms with van der Waals surface area (Å²) in [6.45, 7) is 4.61. The van der Waals surface area contributed by atoms with Crippen LogP contribution >= 0.6 is 0 Å². The molecular weight excluding hydrogens is 554 g/mol. The molecular formula is C31H29N13. The fourth-order valence-electron chi connectivity index (χ4n) is 5.51. The highest BCUT2D eigenvalue weighted by Gasteiger charge is 2.21. The highest BCUT2D eigenvalue weighted by atomic mass is 15.4. The molecule has 0 atom stereocenters. The van der Waals surface area contributed by atoms with E-state index >= 15 is 0 Å². The molecule has 5 aromatic heterocycles. The first-order valence-electron chi connectivity index (χ1n) is 14.3. The molecule has 0 bridgehead atoms. The number of likely N-dealkylation sites (tertiary alicyclic amines) is 1. The molecule has 6 aromatic rings. The van der Waals surface area contributed by atoms with Crippen LogP contribution in [-0.4, -0.2) is 68.3 Å². The van der Waals surface area contributed by atoms with E-state index in [1.54, 1.807) is 29.5 Å². The van der Waals surface area contributed by atoms with E-state index in [1.807, 2.05) is 41.8 Å². The first kappa shape index (κ1) is 27.1. The van der Waals surface area contributed by atoms with Gasteiger partial charge in [-0.3, -0.25) is 9.47 Å². The van der Waals surface area contributed by atoms with Crippen molar-refractivity contribution in [3.8, 4) is 29.0 Å². The molecule has 0 amide bonds. The van der Waals surface area contributed by atoms with Gasteiger partial charge in [0, 0.05) is 43.8 Å². The second-order valence-corrected chi connectivity index (χ2v) is 10.7. The lowest BCUT2D eigenvalue weighted by Crippen LogP contribution is -2.38. The van der Waals surface area contributed by atoms with Crippen LogP contribution in [0.2, 0.25) is 0 Å². The summed E-state index contributed by atoms with van der Waals surface area (Å²) in [4.78, 5) is 29.0. The van der Waals surface area contributed by atoms with Crippen molar-refractivity contribution in [2.24, 2.45) is 0 Å². The van der Waals surface area contributed by atoms with Crippen molar-refractivity contribution in [2.45, 2.75) is 32.4 Å². The fraction of sp³-hybridized carbons (Fsp3) is 0.226. The highest BCUT2D eigenvalue weighted by molar-refractivity contribution is 5.83. The minimum atomic E-state index is 0.178. The Kier molecular flexibility index (Phi) is 7.09. The second kappa shape index (κ2) is 11.5. The molecule has 6 heterocycles. The van der Waals surface area contributed by atoms with Gasteiger partial charge in [0.2, 0.25) is 5.82 Å². The van der Waals surface area contributed by atoms with Crippen LogP contribution in [0.1, 0.15) is 30.1 Å². The van der Waals surface area contributed by atoms with Crippen LogP contribution in [0.4, 0.5) is 11.6 Å². The lowest BCUT2D eigenvalue weighted by Gasteiger charge is -2.32. The van der Waals surface area contributed by atoms with Crippen molar-refractivity contribution >= 4 is 22.8 Å². The lowest BCUT2D eigenvalue weighted by atomic mass is 10.0. The molecule has 13 nitrogen and oxygen atoms in total. The number of imidazole rings is 1. The summed E-state index contributed by atoms with van der Waals surface area (Å²) in [6, 6.07) is 20.2. The number of benzene rings is 1. The van der Waals surface area contributed by atoms with Crippen molar-refractivity contribution < 1.29 is 0 Å². The van der Waals surface area contributed by atoms with Gasteiger partial charge in [0.25, 0.3) is 0 Å². The molecule has 1 fully saturated rings. The number of anilines is 2. The van der Waals surface area contributed by atoms with Crippen LogP contribution in [0.25, 0.3) is 34.1 Å². The number of nitrogens with two attached hydrogens (primary N) is 1. The molecule has 13 heteroatoms. The molecule has 1 aliphatic rings. The van der Waals surface area contributed by atoms with Crippen LogP contribution in [0.15, 0.2) is 73.3 Å². The first-order valence-corrected chi connectivity index (χ1v) is 14.3. The topological polar surface area (TPSA) is 165 Å². The number of hydrogen-bond acceptors (Lipinski definition) is 11. The van der Waals surface area contributed by atoms with Crippen LogP contribution in [0.3, 0.4) is 0 Å². The Morgan fingerprint density at radius 1 is 0.955 bits per heavy atom. The highest BCUT2D eigenvalue weighted by Crippen LogP contribution is 2.31. The van der Waals surface area contributed by atoms with Crippen LogP contribution < -0.4 is 11.1 Å². The van der Waals surface area contributed by atoms with Crippen LogP contribution in [-0.2, 0) is 6.54 Å². The van der Waals surface area contributed by atoms with Gasteiger partial charge in [0.1, 0.15) is 35.4 Å². The standard InChI is InChI=1S/C31H29N13/c1-20-36-19-43(41-20)28-9-8-25-31(40-28)44(30(38-25)24-3-2-13-35-29(24)33)23-6-4-21(5-7-23)18-42-15-11-22(12-16-42)37-26-10-14-34-27(17-32)39-26/h2-10,13-14,19,22H,11-12,15-16,18H2,1H3,(H2,33,35)(H,34,37,39). The van der Waals surface area contributed by atoms with Crippen molar-refractivity contribution in [3.63, 3.8) is 0 Å². The zero-order chi connectivity index (χ0) is 30.0. The van der Waals surface area contributed by atoms with Gasteiger partial charge in [0.05, 0.1) is 5.56 Å². The van der Waals surface area contributed by atoms with Crippen molar-refractivity contribution in [2.75, 3.05) is 24.1 Å². The summed E-state index contributed by atoms with van der Waals surface area (Å²) in [7, 11) is 0. The number of aromatic nitrogens is 9. The number of nitriles is 1. The molecule has 0 radical (unpaired) electrons. The zero-order valence-corrected chi connectivity index (χ0v) is 24.0. The maximum Gasteiger partial charge on any atom is 0.234 e. The molecule has 218 valence electrons. The molecule has 3 N–H and O–H groups in total. The van der Waals surface area contributed by atoms with Gasteiger partial charge in [-0.05, 0) is 67.8 Å². The van der Waals surface area contributed by atoms with E-state index < -0.39 is 0 Å². The predicted octanol–water partition coefficient (Wildman–Crippen LogP) is 3.69. The number of aryl methyl sites for hydroxylation is 1. The quantitative estimate of drug-likeness (QED) is 0.281. The SMILES string of the molecule is Cc1ncn(-c2ccc3nc(-c4cccnc4N)n(-c4ccc(CN5CCC(Nc6ccnc(C#N)n6)CC5)cc4)c3n2)n1. The normalized spacial score (nSPS) is 14.1. The maximum absolute atomic E-state index is 9.06. The number of nitrogens with one attached hydrogen (secondary N) is 1. The van der Waals surface area contributed by atoms with Gasteiger partial charge in [0.15, 0.2) is 17.3 Å². The third-order valence-electron chi connectivity index (χ3n) is 7.71. The van der Waals surface area contributed by atoms with Gasteiger partial charge >= 0.3 is 0 Å². The Balaban J connectivity index is 1.13. The number of nitrogens with zero attached hydrogens (tertiary/aromatic N) is 11. The van der Waals surface area contributed by atoms with Crippen LogP contribution in [0, 0.1) is 18.3 Å². The number of rotatable bonds is 7. The molecule has 0 aliphatic carbocycles. The average molecular weight is 584 g/mol. The molecule has 1 aromatic carbocycles. The Bertz CT molecular complexity index is 1980. The molecule has 7 rings (SSSR count). The minimum Gasteiger partial charge on any atom is -0.383 e. The summed E-state index contributed by atoms with van der Waals surface area (Å²) in [6.07, 6.45) is 6.91. The summed E-state index contributed by atoms with van der Waals surface area (Å²) in [5.74, 6) is 3.25. The first-order chi connectivity index (χ1) is 21.5. The number of piperidine rings is 1. The van der Waals surface area contributed by atoms with E-state index in [1.165, 1.54) is 5.56 Å². The molecule has 0 spiro atoms. The molecule has 0 unspecified atom stereocenters. The zero-order valence-electron chi connectivity index (χ0n) is 24.0. The van der Waals surface area contributed by atoms with E-state index in [4.69, 9.17) is 21.0 Å². The van der Waals surface area contributed by atoms with E-state index in [9.17, 15) is 0 Å². The summed E-state index contributed by atoms with van der Waals surface area (Å²) in [5, 5.41) is 16.9. The molecule has 0 saturated carbocycles. The van der Waals surface area contributed by atoms with Crippen LogP contribution in [0.5, 0.6) is 0 Å². The largest absolute Gasteiger partial charge is 0.383 e. The van der Waals surface area contributed by atoms with Gasteiger partial charge in [-0.2, -0.15) is 10.4 Å². The third kappa shape index (κ3) is 5.41. The summed E-state index contributed by atoms with van der Waals surface area (Å²) in [5.41, 5.74) is 10.6.